The Bertz CT molecular complexity index is 604. The van der Waals surface area contributed by atoms with Crippen LogP contribution in [0.2, 0.25) is 0 Å². The van der Waals surface area contributed by atoms with Gasteiger partial charge in [-0.25, -0.2) is 4.98 Å². The van der Waals surface area contributed by atoms with Crippen molar-refractivity contribution in [1.82, 2.24) is 20.5 Å². The Morgan fingerprint density at radius 2 is 1.89 bits per heavy atom. The fraction of sp³-hybridized carbons (Fsp3) is 0.810. The van der Waals surface area contributed by atoms with Gasteiger partial charge in [-0.1, -0.05) is 40.0 Å². The fourth-order valence-corrected chi connectivity index (χ4v) is 4.14. The summed E-state index contributed by atoms with van der Waals surface area (Å²) in [6.07, 6.45) is 11.2. The molecule has 0 radical (unpaired) electrons. The molecule has 27 heavy (non-hydrogen) atoms. The van der Waals surface area contributed by atoms with E-state index in [1.54, 1.807) is 0 Å². The van der Waals surface area contributed by atoms with Crippen LogP contribution in [0.1, 0.15) is 77.4 Å². The molecule has 1 saturated heterocycles. The van der Waals surface area contributed by atoms with Crippen molar-refractivity contribution in [1.29, 1.82) is 0 Å². The van der Waals surface area contributed by atoms with Gasteiger partial charge in [0, 0.05) is 37.6 Å². The van der Waals surface area contributed by atoms with Crippen molar-refractivity contribution < 1.29 is 4.42 Å². The van der Waals surface area contributed by atoms with Crippen LogP contribution in [0.25, 0.3) is 0 Å². The molecule has 1 aliphatic carbocycles. The maximum Gasteiger partial charge on any atom is 0.213 e. The average molecular weight is 376 g/mol. The predicted molar refractivity (Wildman–Crippen MR) is 110 cm³/mol. The summed E-state index contributed by atoms with van der Waals surface area (Å²) >= 11 is 0. The molecule has 0 aromatic carbocycles. The van der Waals surface area contributed by atoms with Crippen LogP contribution in [0.3, 0.4) is 0 Å². The smallest absolute Gasteiger partial charge is 0.213 e. The first-order valence-electron chi connectivity index (χ1n) is 10.6. The quantitative estimate of drug-likeness (QED) is 0.623. The Morgan fingerprint density at radius 1 is 1.19 bits per heavy atom. The number of hydrogen-bond donors (Lipinski definition) is 2. The van der Waals surface area contributed by atoms with Crippen LogP contribution < -0.4 is 10.6 Å². The molecule has 1 saturated carbocycles. The van der Waals surface area contributed by atoms with Gasteiger partial charge < -0.3 is 20.0 Å². The number of hydrogen-bond acceptors (Lipinski definition) is 4. The monoisotopic (exact) mass is 375 g/mol. The largest absolute Gasteiger partial charge is 0.443 e. The number of oxazole rings is 1. The van der Waals surface area contributed by atoms with E-state index in [0.29, 0.717) is 18.5 Å². The third kappa shape index (κ3) is 5.71. The van der Waals surface area contributed by atoms with Gasteiger partial charge in [-0.2, -0.15) is 0 Å². The van der Waals surface area contributed by atoms with Gasteiger partial charge in [0.05, 0.1) is 12.7 Å². The number of rotatable bonds is 4. The lowest BCUT2D eigenvalue weighted by Gasteiger charge is -2.39. The van der Waals surface area contributed by atoms with Gasteiger partial charge in [0.25, 0.3) is 0 Å². The second-order valence-corrected chi connectivity index (χ2v) is 9.04. The first-order valence-corrected chi connectivity index (χ1v) is 10.6. The van der Waals surface area contributed by atoms with Gasteiger partial charge in [-0.3, -0.25) is 4.99 Å². The number of piperidine rings is 1. The maximum atomic E-state index is 5.85. The average Bonchev–Trinajstić information content (AvgIpc) is 3.16. The minimum Gasteiger partial charge on any atom is -0.443 e. The Balaban J connectivity index is 1.42. The third-order valence-corrected chi connectivity index (χ3v) is 5.88. The van der Waals surface area contributed by atoms with Crippen LogP contribution >= 0.6 is 0 Å². The Morgan fingerprint density at radius 3 is 2.48 bits per heavy atom. The van der Waals surface area contributed by atoms with E-state index in [1.165, 1.54) is 58.0 Å². The molecule has 0 unspecified atom stereocenters. The number of nitrogens with one attached hydrogen (secondary N) is 2. The molecule has 1 aromatic rings. The zero-order chi connectivity index (χ0) is 19.3. The summed E-state index contributed by atoms with van der Waals surface area (Å²) in [5.41, 5.74) is -0.0164. The highest BCUT2D eigenvalue weighted by atomic mass is 16.4. The summed E-state index contributed by atoms with van der Waals surface area (Å²) in [5, 5.41) is 6.92. The van der Waals surface area contributed by atoms with Crippen LogP contribution in [0.5, 0.6) is 0 Å². The lowest BCUT2D eigenvalue weighted by atomic mass is 9.92. The van der Waals surface area contributed by atoms with Crippen molar-refractivity contribution in [3.63, 3.8) is 0 Å². The van der Waals surface area contributed by atoms with E-state index < -0.39 is 0 Å². The first kappa shape index (κ1) is 20.2. The molecule has 2 fully saturated rings. The Hall–Kier alpha value is -1.56. The zero-order valence-corrected chi connectivity index (χ0v) is 17.6. The molecule has 0 spiro atoms. The van der Waals surface area contributed by atoms with Crippen LogP contribution in [-0.2, 0) is 12.0 Å². The van der Waals surface area contributed by atoms with Gasteiger partial charge >= 0.3 is 0 Å². The Kier molecular flexibility index (Phi) is 6.79. The van der Waals surface area contributed by atoms with Crippen molar-refractivity contribution in [2.24, 2.45) is 4.99 Å². The molecule has 0 atom stereocenters. The van der Waals surface area contributed by atoms with Crippen molar-refractivity contribution in [3.05, 3.63) is 17.8 Å². The molecule has 3 rings (SSSR count). The summed E-state index contributed by atoms with van der Waals surface area (Å²) in [4.78, 5) is 11.5. The number of likely N-dealkylation sites (tertiary alicyclic amines) is 1. The lowest BCUT2D eigenvalue weighted by molar-refractivity contribution is 0.119. The highest BCUT2D eigenvalue weighted by Crippen LogP contribution is 2.25. The summed E-state index contributed by atoms with van der Waals surface area (Å²) in [5.74, 6) is 2.45. The summed E-state index contributed by atoms with van der Waals surface area (Å²) < 4.78 is 5.85. The maximum absolute atomic E-state index is 5.85. The number of nitrogens with zero attached hydrogens (tertiary/aromatic N) is 3. The molecule has 2 N–H and O–H groups in total. The van der Waals surface area contributed by atoms with Gasteiger partial charge in [0.2, 0.25) is 5.89 Å². The SMILES string of the molecule is CN=C(NCc1ncc(C(C)(C)C)o1)NC1CCN(C2CCCCC2)CC1. The zero-order valence-electron chi connectivity index (χ0n) is 17.6. The van der Waals surface area contributed by atoms with E-state index >= 15 is 0 Å². The van der Waals surface area contributed by atoms with E-state index in [2.05, 4.69) is 46.3 Å². The standard InChI is InChI=1S/C21H37N5O/c1-21(2,3)18-14-23-19(27-18)15-24-20(22-4)25-16-10-12-26(13-11-16)17-8-6-5-7-9-17/h14,16-17H,5-13,15H2,1-4H3,(H2,22,24,25). The van der Waals surface area contributed by atoms with E-state index in [0.717, 1.165) is 17.8 Å². The normalized spacial score (nSPS) is 21.4. The molecule has 0 amide bonds. The van der Waals surface area contributed by atoms with Gasteiger partial charge in [-0.05, 0) is 25.7 Å². The molecule has 152 valence electrons. The fourth-order valence-electron chi connectivity index (χ4n) is 4.14. The molecule has 1 aromatic heterocycles. The van der Waals surface area contributed by atoms with Crippen LogP contribution in [0, 0.1) is 0 Å². The van der Waals surface area contributed by atoms with Gasteiger partial charge in [-0.15, -0.1) is 0 Å². The second kappa shape index (κ2) is 9.09. The van der Waals surface area contributed by atoms with E-state index in [1.807, 2.05) is 13.2 Å². The van der Waals surface area contributed by atoms with E-state index in [-0.39, 0.29) is 5.41 Å². The minimum atomic E-state index is -0.0164. The second-order valence-electron chi connectivity index (χ2n) is 9.04. The summed E-state index contributed by atoms with van der Waals surface area (Å²) in [6.45, 7) is 9.35. The number of aliphatic imine (C=N–C) groups is 1. The van der Waals surface area contributed by atoms with Crippen LogP contribution in [0.15, 0.2) is 15.6 Å². The number of guanidine groups is 1. The third-order valence-electron chi connectivity index (χ3n) is 5.88. The van der Waals surface area contributed by atoms with Crippen LogP contribution in [-0.4, -0.2) is 48.1 Å². The highest BCUT2D eigenvalue weighted by Gasteiger charge is 2.26. The number of aromatic nitrogens is 1. The lowest BCUT2D eigenvalue weighted by Crippen LogP contribution is -2.50. The Labute approximate surface area is 164 Å². The molecule has 2 heterocycles. The molecule has 6 nitrogen and oxygen atoms in total. The van der Waals surface area contributed by atoms with Crippen molar-refractivity contribution >= 4 is 5.96 Å². The molecule has 1 aliphatic heterocycles. The minimum absolute atomic E-state index is 0.0164. The predicted octanol–water partition coefficient (Wildman–Crippen LogP) is 3.43. The van der Waals surface area contributed by atoms with E-state index in [4.69, 9.17) is 4.42 Å². The molecular weight excluding hydrogens is 338 g/mol. The molecular formula is C21H37N5O. The molecule has 0 bridgehead atoms. The highest BCUT2D eigenvalue weighted by molar-refractivity contribution is 5.79. The summed E-state index contributed by atoms with van der Waals surface area (Å²) in [7, 11) is 1.82. The van der Waals surface area contributed by atoms with E-state index in [9.17, 15) is 0 Å². The van der Waals surface area contributed by atoms with Gasteiger partial charge in [0.15, 0.2) is 5.96 Å². The van der Waals surface area contributed by atoms with Crippen molar-refractivity contribution in [2.45, 2.75) is 89.8 Å². The molecule has 6 heteroatoms. The first-order chi connectivity index (χ1) is 13.0. The van der Waals surface area contributed by atoms with Crippen molar-refractivity contribution in [2.75, 3.05) is 20.1 Å². The van der Waals surface area contributed by atoms with Gasteiger partial charge in [0.1, 0.15) is 5.76 Å². The molecule has 2 aliphatic rings. The van der Waals surface area contributed by atoms with Crippen LogP contribution in [0.4, 0.5) is 0 Å². The van der Waals surface area contributed by atoms with Crippen molar-refractivity contribution in [3.8, 4) is 0 Å². The summed E-state index contributed by atoms with van der Waals surface area (Å²) in [6, 6.07) is 1.32. The topological polar surface area (TPSA) is 65.7 Å².